The van der Waals surface area contributed by atoms with E-state index in [1.54, 1.807) is 23.7 Å². The van der Waals surface area contributed by atoms with Gasteiger partial charge in [0.1, 0.15) is 0 Å². The number of aromatic nitrogens is 3. The van der Waals surface area contributed by atoms with E-state index in [9.17, 15) is 4.79 Å². The third-order valence-corrected chi connectivity index (χ3v) is 5.03. The first-order valence-electron chi connectivity index (χ1n) is 7.40. The number of hydrogen-bond donors (Lipinski definition) is 1. The summed E-state index contributed by atoms with van der Waals surface area (Å²) in [6, 6.07) is 1.94. The SMILES string of the molecule is O=C(c1cncc2[nH]ccc12)N1CCC(Cc2nccs2)C1. The monoisotopic (exact) mass is 312 g/mol. The fourth-order valence-corrected chi connectivity index (χ4v) is 3.84. The molecule has 0 aromatic carbocycles. The molecule has 0 bridgehead atoms. The molecular weight excluding hydrogens is 296 g/mol. The Hall–Kier alpha value is -2.21. The van der Waals surface area contributed by atoms with Crippen LogP contribution in [0.4, 0.5) is 0 Å². The van der Waals surface area contributed by atoms with Crippen molar-refractivity contribution in [1.29, 1.82) is 0 Å². The zero-order valence-corrected chi connectivity index (χ0v) is 12.8. The van der Waals surface area contributed by atoms with Gasteiger partial charge in [0.15, 0.2) is 0 Å². The number of likely N-dealkylation sites (tertiary alicyclic amines) is 1. The van der Waals surface area contributed by atoms with Gasteiger partial charge in [0, 0.05) is 48.9 Å². The Morgan fingerprint density at radius 1 is 1.45 bits per heavy atom. The highest BCUT2D eigenvalue weighted by Crippen LogP contribution is 2.25. The van der Waals surface area contributed by atoms with Gasteiger partial charge in [-0.15, -0.1) is 11.3 Å². The van der Waals surface area contributed by atoms with Crippen LogP contribution in [0.15, 0.2) is 36.2 Å². The van der Waals surface area contributed by atoms with Crippen molar-refractivity contribution in [3.05, 3.63) is 46.8 Å². The van der Waals surface area contributed by atoms with E-state index in [0.717, 1.165) is 41.8 Å². The van der Waals surface area contributed by atoms with Crippen LogP contribution in [0.25, 0.3) is 10.9 Å². The maximum atomic E-state index is 12.8. The molecule has 1 unspecified atom stereocenters. The van der Waals surface area contributed by atoms with Crippen molar-refractivity contribution in [1.82, 2.24) is 19.9 Å². The molecule has 4 heterocycles. The number of amides is 1. The molecule has 112 valence electrons. The number of nitrogens with zero attached hydrogens (tertiary/aromatic N) is 3. The number of carbonyl (C=O) groups is 1. The lowest BCUT2D eigenvalue weighted by molar-refractivity contribution is 0.0788. The van der Waals surface area contributed by atoms with Gasteiger partial charge >= 0.3 is 0 Å². The standard InChI is InChI=1S/C16H16N4OS/c21-16(13-8-17-9-14-12(13)1-3-18-14)20-5-2-11(10-20)7-15-19-4-6-22-15/h1,3-4,6,8-9,11,18H,2,5,7,10H2. The Labute approximate surface area is 132 Å². The summed E-state index contributed by atoms with van der Waals surface area (Å²) in [6.07, 6.45) is 9.12. The highest BCUT2D eigenvalue weighted by molar-refractivity contribution is 7.09. The van der Waals surface area contributed by atoms with Gasteiger partial charge < -0.3 is 9.88 Å². The van der Waals surface area contributed by atoms with Crippen LogP contribution in [-0.4, -0.2) is 38.8 Å². The summed E-state index contributed by atoms with van der Waals surface area (Å²) in [5.74, 6) is 0.591. The second-order valence-electron chi connectivity index (χ2n) is 5.66. The number of H-pyrrole nitrogens is 1. The number of hydrogen-bond acceptors (Lipinski definition) is 4. The molecule has 1 fully saturated rings. The Kier molecular flexibility index (Phi) is 3.38. The number of rotatable bonds is 3. The topological polar surface area (TPSA) is 61.9 Å². The molecule has 22 heavy (non-hydrogen) atoms. The minimum atomic E-state index is 0.0827. The molecule has 1 amide bonds. The van der Waals surface area contributed by atoms with Gasteiger partial charge in [-0.05, 0) is 18.4 Å². The van der Waals surface area contributed by atoms with Crippen LogP contribution < -0.4 is 0 Å². The second kappa shape index (κ2) is 5.53. The number of aromatic amines is 1. The van der Waals surface area contributed by atoms with Gasteiger partial charge in [-0.25, -0.2) is 4.98 Å². The largest absolute Gasteiger partial charge is 0.360 e. The third kappa shape index (κ3) is 2.39. The highest BCUT2D eigenvalue weighted by atomic mass is 32.1. The first kappa shape index (κ1) is 13.5. The van der Waals surface area contributed by atoms with Crippen molar-refractivity contribution in [2.45, 2.75) is 12.8 Å². The molecule has 3 aromatic rings. The number of nitrogens with one attached hydrogen (secondary N) is 1. The second-order valence-corrected chi connectivity index (χ2v) is 6.64. The van der Waals surface area contributed by atoms with E-state index in [-0.39, 0.29) is 5.91 Å². The van der Waals surface area contributed by atoms with Gasteiger partial charge in [0.2, 0.25) is 0 Å². The highest BCUT2D eigenvalue weighted by Gasteiger charge is 2.28. The van der Waals surface area contributed by atoms with Crippen LogP contribution in [0.1, 0.15) is 21.8 Å². The van der Waals surface area contributed by atoms with E-state index in [2.05, 4.69) is 15.0 Å². The fourth-order valence-electron chi connectivity index (χ4n) is 3.11. The van der Waals surface area contributed by atoms with Crippen LogP contribution in [-0.2, 0) is 6.42 Å². The molecule has 1 saturated heterocycles. The van der Waals surface area contributed by atoms with Crippen molar-refractivity contribution in [3.8, 4) is 0 Å². The summed E-state index contributed by atoms with van der Waals surface area (Å²) in [5, 5.41) is 4.11. The summed E-state index contributed by atoms with van der Waals surface area (Å²) in [4.78, 5) is 26.3. The average molecular weight is 312 g/mol. The molecule has 6 heteroatoms. The molecule has 1 aliphatic heterocycles. The van der Waals surface area contributed by atoms with Gasteiger partial charge in [0.05, 0.1) is 22.3 Å². The minimum absolute atomic E-state index is 0.0827. The predicted molar refractivity (Wildman–Crippen MR) is 85.9 cm³/mol. The van der Waals surface area contributed by atoms with Gasteiger partial charge in [-0.1, -0.05) is 0 Å². The Morgan fingerprint density at radius 3 is 3.27 bits per heavy atom. The van der Waals surface area contributed by atoms with Crippen LogP contribution in [0.5, 0.6) is 0 Å². The van der Waals surface area contributed by atoms with Crippen LogP contribution >= 0.6 is 11.3 Å². The lowest BCUT2D eigenvalue weighted by Gasteiger charge is -2.16. The molecule has 0 aliphatic carbocycles. The predicted octanol–water partition coefficient (Wildman–Crippen LogP) is 2.72. The van der Waals surface area contributed by atoms with E-state index < -0.39 is 0 Å². The quantitative estimate of drug-likeness (QED) is 0.809. The summed E-state index contributed by atoms with van der Waals surface area (Å²) in [6.45, 7) is 1.62. The Bertz CT molecular complexity index is 795. The van der Waals surface area contributed by atoms with Crippen molar-refractivity contribution in [2.75, 3.05) is 13.1 Å². The van der Waals surface area contributed by atoms with E-state index in [1.807, 2.05) is 28.7 Å². The zero-order valence-electron chi connectivity index (χ0n) is 12.0. The lowest BCUT2D eigenvalue weighted by Crippen LogP contribution is -2.29. The molecule has 1 atom stereocenters. The van der Waals surface area contributed by atoms with Crippen LogP contribution in [0, 0.1) is 5.92 Å². The maximum absolute atomic E-state index is 12.8. The summed E-state index contributed by atoms with van der Waals surface area (Å²) >= 11 is 1.69. The van der Waals surface area contributed by atoms with Crippen molar-refractivity contribution in [2.24, 2.45) is 5.92 Å². The van der Waals surface area contributed by atoms with E-state index in [0.29, 0.717) is 11.5 Å². The number of thiazole rings is 1. The number of pyridine rings is 1. The number of carbonyl (C=O) groups excluding carboxylic acids is 1. The molecule has 0 saturated carbocycles. The molecular formula is C16H16N4OS. The minimum Gasteiger partial charge on any atom is -0.360 e. The molecule has 1 aliphatic rings. The summed E-state index contributed by atoms with van der Waals surface area (Å²) in [7, 11) is 0. The maximum Gasteiger partial charge on any atom is 0.256 e. The number of fused-ring (bicyclic) bond motifs is 1. The van der Waals surface area contributed by atoms with E-state index >= 15 is 0 Å². The molecule has 4 rings (SSSR count). The molecule has 0 radical (unpaired) electrons. The van der Waals surface area contributed by atoms with E-state index in [1.165, 1.54) is 0 Å². The Morgan fingerprint density at radius 2 is 2.41 bits per heavy atom. The van der Waals surface area contributed by atoms with Gasteiger partial charge in [-0.2, -0.15) is 0 Å². The molecule has 3 aromatic heterocycles. The summed E-state index contributed by atoms with van der Waals surface area (Å²) in [5.41, 5.74) is 1.60. The van der Waals surface area contributed by atoms with Crippen molar-refractivity contribution < 1.29 is 4.79 Å². The van der Waals surface area contributed by atoms with Gasteiger partial charge in [0.25, 0.3) is 5.91 Å². The molecule has 0 spiro atoms. The third-order valence-electron chi connectivity index (χ3n) is 4.23. The van der Waals surface area contributed by atoms with Crippen molar-refractivity contribution in [3.63, 3.8) is 0 Å². The molecule has 5 nitrogen and oxygen atoms in total. The zero-order chi connectivity index (χ0) is 14.9. The summed E-state index contributed by atoms with van der Waals surface area (Å²) < 4.78 is 0. The lowest BCUT2D eigenvalue weighted by atomic mass is 10.1. The average Bonchev–Trinajstić information content (AvgIpc) is 3.27. The Balaban J connectivity index is 1.51. The van der Waals surface area contributed by atoms with Crippen LogP contribution in [0.2, 0.25) is 0 Å². The van der Waals surface area contributed by atoms with Crippen molar-refractivity contribution >= 4 is 28.1 Å². The first-order chi connectivity index (χ1) is 10.8. The van der Waals surface area contributed by atoms with Crippen LogP contribution in [0.3, 0.4) is 0 Å². The molecule has 1 N–H and O–H groups in total. The van der Waals surface area contributed by atoms with Gasteiger partial charge in [-0.3, -0.25) is 9.78 Å². The fraction of sp³-hybridized carbons (Fsp3) is 0.312. The normalized spacial score (nSPS) is 18.2. The first-order valence-corrected chi connectivity index (χ1v) is 8.28. The van der Waals surface area contributed by atoms with E-state index in [4.69, 9.17) is 0 Å². The smallest absolute Gasteiger partial charge is 0.256 e.